The van der Waals surface area contributed by atoms with E-state index in [-0.39, 0.29) is 24.4 Å². The van der Waals surface area contributed by atoms with Gasteiger partial charge in [0.05, 0.1) is 5.97 Å². The van der Waals surface area contributed by atoms with Crippen LogP contribution in [0.3, 0.4) is 0 Å². The van der Waals surface area contributed by atoms with Crippen molar-refractivity contribution in [3.63, 3.8) is 0 Å². The van der Waals surface area contributed by atoms with Gasteiger partial charge in [-0.2, -0.15) is 0 Å². The van der Waals surface area contributed by atoms with Crippen LogP contribution in [0.2, 0.25) is 0 Å². The molecule has 0 saturated heterocycles. The van der Waals surface area contributed by atoms with Crippen molar-refractivity contribution in [3.8, 4) is 0 Å². The van der Waals surface area contributed by atoms with Crippen molar-refractivity contribution < 1.29 is 28.8 Å². The van der Waals surface area contributed by atoms with Crippen LogP contribution >= 0.6 is 0 Å². The van der Waals surface area contributed by atoms with Gasteiger partial charge in [0.2, 0.25) is 0 Å². The number of fused-ring (bicyclic) bond motifs is 2. The summed E-state index contributed by atoms with van der Waals surface area (Å²) < 4.78 is 0. The van der Waals surface area contributed by atoms with Crippen molar-refractivity contribution in [1.82, 2.24) is 0 Å². The summed E-state index contributed by atoms with van der Waals surface area (Å²) in [4.78, 5) is 11.0. The van der Waals surface area contributed by atoms with Gasteiger partial charge < -0.3 is 9.90 Å². The molecule has 0 bridgehead atoms. The molecule has 0 saturated carbocycles. The molecule has 18 heavy (non-hydrogen) atoms. The summed E-state index contributed by atoms with van der Waals surface area (Å²) in [7, 11) is 0. The predicted molar refractivity (Wildman–Crippen MR) is 65.8 cm³/mol. The second kappa shape index (κ2) is 4.86. The van der Waals surface area contributed by atoms with Crippen molar-refractivity contribution in [1.29, 1.82) is 0 Å². The maximum Gasteiger partial charge on any atom is 1.00 e. The first-order chi connectivity index (χ1) is 8.25. The number of carboxylic acid groups (broad SMARTS) is 1. The number of carbonyl (C=O) groups is 1. The first-order valence-corrected chi connectivity index (χ1v) is 5.38. The van der Waals surface area contributed by atoms with Crippen LogP contribution in [0.15, 0.2) is 54.6 Å². The fourth-order valence-electron chi connectivity index (χ4n) is 2.14. The summed E-state index contributed by atoms with van der Waals surface area (Å²) in [6, 6.07) is 17.0. The average Bonchev–Trinajstić information content (AvgIpc) is 2.35. The molecule has 0 heterocycles. The summed E-state index contributed by atoms with van der Waals surface area (Å²) in [5.41, 5.74) is 0.244. The molecule has 2 nitrogen and oxygen atoms in total. The van der Waals surface area contributed by atoms with E-state index in [0.717, 1.165) is 21.5 Å². The number of benzene rings is 3. The molecule has 3 aromatic rings. The van der Waals surface area contributed by atoms with E-state index in [2.05, 4.69) is 0 Å². The van der Waals surface area contributed by atoms with E-state index in [9.17, 15) is 9.90 Å². The Bertz CT molecular complexity index is 735. The predicted octanol–water partition coefficient (Wildman–Crippen LogP) is -0.640. The zero-order valence-electron chi connectivity index (χ0n) is 10.0. The van der Waals surface area contributed by atoms with E-state index in [1.54, 1.807) is 12.1 Å². The van der Waals surface area contributed by atoms with Crippen LogP contribution in [0.5, 0.6) is 0 Å². The first kappa shape index (κ1) is 12.7. The van der Waals surface area contributed by atoms with Crippen molar-refractivity contribution in [2.45, 2.75) is 0 Å². The minimum atomic E-state index is -1.13. The number of carbonyl (C=O) groups excluding carboxylic acids is 1. The SMILES string of the molecule is O=C([O-])c1cccc2cc3ccccc3cc12.[Li+]. The van der Waals surface area contributed by atoms with Crippen molar-refractivity contribution >= 4 is 27.5 Å². The molecule has 0 aliphatic carbocycles. The number of carboxylic acids is 1. The summed E-state index contributed by atoms with van der Waals surface area (Å²) >= 11 is 0. The van der Waals surface area contributed by atoms with Crippen LogP contribution in [0, 0.1) is 0 Å². The van der Waals surface area contributed by atoms with Crippen molar-refractivity contribution in [3.05, 3.63) is 60.2 Å². The standard InChI is InChI=1S/C15H10O2.Li/c16-15(17)13-7-3-6-12-8-10-4-1-2-5-11(10)9-14(12)13;/h1-9H,(H,16,17);/q;+1/p-1. The van der Waals surface area contributed by atoms with Gasteiger partial charge in [0.25, 0.3) is 0 Å². The van der Waals surface area contributed by atoms with Crippen LogP contribution < -0.4 is 24.0 Å². The first-order valence-electron chi connectivity index (χ1n) is 5.38. The van der Waals surface area contributed by atoms with Gasteiger partial charge in [-0.3, -0.25) is 0 Å². The third kappa shape index (κ3) is 2.01. The molecule has 0 spiro atoms. The molecule has 82 valence electrons. The topological polar surface area (TPSA) is 40.1 Å². The largest absolute Gasteiger partial charge is 1.00 e. The second-order valence-corrected chi connectivity index (χ2v) is 4.01. The molecule has 0 amide bonds. The Balaban J connectivity index is 0.00000120. The third-order valence-corrected chi connectivity index (χ3v) is 2.97. The fraction of sp³-hybridized carbons (Fsp3) is 0. The summed E-state index contributed by atoms with van der Waals surface area (Å²) in [5, 5.41) is 14.8. The van der Waals surface area contributed by atoms with E-state index in [1.807, 2.05) is 42.5 Å². The van der Waals surface area contributed by atoms with Crippen molar-refractivity contribution in [2.24, 2.45) is 0 Å². The molecule has 3 heteroatoms. The van der Waals surface area contributed by atoms with Crippen LogP contribution in [0.4, 0.5) is 0 Å². The zero-order chi connectivity index (χ0) is 11.8. The Hall–Kier alpha value is -1.75. The van der Waals surface area contributed by atoms with Gasteiger partial charge in [0, 0.05) is 5.56 Å². The monoisotopic (exact) mass is 228 g/mol. The molecule has 3 rings (SSSR count). The Labute approximate surface area is 116 Å². The number of hydrogen-bond donors (Lipinski definition) is 0. The molecule has 0 fully saturated rings. The Morgan fingerprint density at radius 2 is 1.44 bits per heavy atom. The van der Waals surface area contributed by atoms with E-state index in [1.165, 1.54) is 0 Å². The van der Waals surface area contributed by atoms with Crippen molar-refractivity contribution in [2.75, 3.05) is 0 Å². The molecule has 3 aromatic carbocycles. The van der Waals surface area contributed by atoms with Gasteiger partial charge in [-0.1, -0.05) is 42.5 Å². The zero-order valence-corrected chi connectivity index (χ0v) is 10.0. The molecule has 0 unspecified atom stereocenters. The molecule has 0 radical (unpaired) electrons. The maximum atomic E-state index is 11.0. The van der Waals surface area contributed by atoms with Gasteiger partial charge >= 0.3 is 18.9 Å². The molecule has 0 aliphatic heterocycles. The molecule has 0 aromatic heterocycles. The van der Waals surface area contributed by atoms with E-state index in [0.29, 0.717) is 0 Å². The van der Waals surface area contributed by atoms with Gasteiger partial charge in [0.1, 0.15) is 0 Å². The molecular formula is C15H9LiO2. The number of hydrogen-bond acceptors (Lipinski definition) is 2. The Kier molecular flexibility index (Phi) is 3.43. The van der Waals surface area contributed by atoms with E-state index in [4.69, 9.17) is 0 Å². The molecule has 0 aliphatic rings. The smallest absolute Gasteiger partial charge is 0.545 e. The summed E-state index contributed by atoms with van der Waals surface area (Å²) in [6.45, 7) is 0. The summed E-state index contributed by atoms with van der Waals surface area (Å²) in [5.74, 6) is -1.13. The molecular weight excluding hydrogens is 219 g/mol. The van der Waals surface area contributed by atoms with Crippen LogP contribution in [0.25, 0.3) is 21.5 Å². The van der Waals surface area contributed by atoms with Gasteiger partial charge in [-0.05, 0) is 33.7 Å². The normalized spacial score (nSPS) is 10.2. The van der Waals surface area contributed by atoms with Crippen LogP contribution in [-0.4, -0.2) is 5.97 Å². The number of aromatic carboxylic acids is 1. The van der Waals surface area contributed by atoms with E-state index < -0.39 is 5.97 Å². The van der Waals surface area contributed by atoms with Crippen LogP contribution in [0.1, 0.15) is 10.4 Å². The number of rotatable bonds is 1. The maximum absolute atomic E-state index is 11.0. The minimum absolute atomic E-state index is 0. The minimum Gasteiger partial charge on any atom is -0.545 e. The van der Waals surface area contributed by atoms with Gasteiger partial charge in [-0.25, -0.2) is 0 Å². The average molecular weight is 228 g/mol. The Morgan fingerprint density at radius 1 is 0.833 bits per heavy atom. The summed E-state index contributed by atoms with van der Waals surface area (Å²) in [6.07, 6.45) is 0. The quantitative estimate of drug-likeness (QED) is 0.410. The van der Waals surface area contributed by atoms with Crippen LogP contribution in [-0.2, 0) is 0 Å². The van der Waals surface area contributed by atoms with Gasteiger partial charge in [-0.15, -0.1) is 0 Å². The fourth-order valence-corrected chi connectivity index (χ4v) is 2.14. The van der Waals surface area contributed by atoms with Gasteiger partial charge in [0.15, 0.2) is 0 Å². The molecule has 0 N–H and O–H groups in total. The van der Waals surface area contributed by atoms with E-state index >= 15 is 0 Å². The Morgan fingerprint density at radius 3 is 2.11 bits per heavy atom. The molecule has 0 atom stereocenters. The third-order valence-electron chi connectivity index (χ3n) is 2.97. The second-order valence-electron chi connectivity index (χ2n) is 4.01.